The van der Waals surface area contributed by atoms with Crippen molar-refractivity contribution in [2.24, 2.45) is 0 Å². The molecule has 1 unspecified atom stereocenters. The number of aromatic nitrogens is 2. The quantitative estimate of drug-likeness (QED) is 0.881. The highest BCUT2D eigenvalue weighted by Gasteiger charge is 2.29. The van der Waals surface area contributed by atoms with Gasteiger partial charge in [-0.25, -0.2) is 9.97 Å². The van der Waals surface area contributed by atoms with E-state index in [-0.39, 0.29) is 11.9 Å². The lowest BCUT2D eigenvalue weighted by Gasteiger charge is -2.17. The second-order valence-electron chi connectivity index (χ2n) is 6.05. The van der Waals surface area contributed by atoms with Crippen molar-refractivity contribution in [3.63, 3.8) is 0 Å². The smallest absolute Gasteiger partial charge is 0.225 e. The third kappa shape index (κ3) is 4.08. The van der Waals surface area contributed by atoms with E-state index in [1.807, 2.05) is 48.2 Å². The first-order chi connectivity index (χ1) is 11.6. The zero-order chi connectivity index (χ0) is 16.9. The van der Waals surface area contributed by atoms with Gasteiger partial charge in [0, 0.05) is 38.4 Å². The number of hydrogen-bond donors (Lipinski definition) is 1. The number of carbonyl (C=O) groups is 1. The normalized spacial score (nSPS) is 17.3. The highest BCUT2D eigenvalue weighted by Crippen LogP contribution is 2.19. The fourth-order valence-electron chi connectivity index (χ4n) is 2.93. The largest absolute Gasteiger partial charge is 0.377 e. The first-order valence-corrected chi connectivity index (χ1v) is 8.06. The zero-order valence-corrected chi connectivity index (χ0v) is 14.0. The van der Waals surface area contributed by atoms with Crippen LogP contribution in [0.1, 0.15) is 23.5 Å². The average molecular weight is 326 g/mol. The Labute approximate surface area is 141 Å². The molecule has 1 fully saturated rings. The minimum atomic E-state index is 0.0610. The van der Waals surface area contributed by atoms with Gasteiger partial charge in [-0.3, -0.25) is 4.79 Å². The minimum Gasteiger partial charge on any atom is -0.377 e. The van der Waals surface area contributed by atoms with Crippen LogP contribution < -0.4 is 5.32 Å². The van der Waals surface area contributed by atoms with Crippen LogP contribution in [0.5, 0.6) is 0 Å². The van der Waals surface area contributed by atoms with Crippen LogP contribution in [-0.4, -0.2) is 40.5 Å². The number of methoxy groups -OCH3 is 1. The third-order valence-corrected chi connectivity index (χ3v) is 3.96. The fourth-order valence-corrected chi connectivity index (χ4v) is 2.93. The van der Waals surface area contributed by atoms with Gasteiger partial charge in [0.2, 0.25) is 5.91 Å². The second-order valence-corrected chi connectivity index (χ2v) is 6.05. The van der Waals surface area contributed by atoms with Crippen molar-refractivity contribution >= 4 is 11.7 Å². The van der Waals surface area contributed by atoms with Gasteiger partial charge in [-0.15, -0.1) is 0 Å². The number of nitrogens with one attached hydrogen (secondary N) is 1. The van der Waals surface area contributed by atoms with Gasteiger partial charge in [-0.05, 0) is 12.5 Å². The number of nitrogens with zero attached hydrogens (tertiary/aromatic N) is 3. The van der Waals surface area contributed by atoms with Crippen molar-refractivity contribution in [3.05, 3.63) is 53.5 Å². The summed E-state index contributed by atoms with van der Waals surface area (Å²) in [6.45, 7) is 3.62. The maximum absolute atomic E-state index is 12.2. The summed E-state index contributed by atoms with van der Waals surface area (Å²) in [5.41, 5.74) is 2.02. The van der Waals surface area contributed by atoms with Crippen molar-refractivity contribution in [1.29, 1.82) is 0 Å². The molecule has 1 N–H and O–H groups in total. The van der Waals surface area contributed by atoms with Crippen LogP contribution in [0.3, 0.4) is 0 Å². The Hall–Kier alpha value is -2.47. The molecule has 1 amide bonds. The van der Waals surface area contributed by atoms with Gasteiger partial charge in [0.25, 0.3) is 0 Å². The van der Waals surface area contributed by atoms with Gasteiger partial charge in [0.15, 0.2) is 5.82 Å². The third-order valence-electron chi connectivity index (χ3n) is 3.96. The Morgan fingerprint density at radius 1 is 1.29 bits per heavy atom. The van der Waals surface area contributed by atoms with Gasteiger partial charge >= 0.3 is 0 Å². The molecule has 1 saturated heterocycles. The predicted octanol–water partition coefficient (Wildman–Crippen LogP) is 2.14. The monoisotopic (exact) mass is 326 g/mol. The van der Waals surface area contributed by atoms with Gasteiger partial charge in [-0.2, -0.15) is 0 Å². The van der Waals surface area contributed by atoms with E-state index in [0.29, 0.717) is 31.9 Å². The lowest BCUT2D eigenvalue weighted by molar-refractivity contribution is -0.128. The van der Waals surface area contributed by atoms with Crippen LogP contribution >= 0.6 is 0 Å². The van der Waals surface area contributed by atoms with Gasteiger partial charge < -0.3 is 15.0 Å². The molecule has 6 heteroatoms. The molecule has 24 heavy (non-hydrogen) atoms. The van der Waals surface area contributed by atoms with E-state index in [1.54, 1.807) is 7.11 Å². The number of aryl methyl sites for hydroxylation is 1. The first-order valence-electron chi connectivity index (χ1n) is 8.06. The summed E-state index contributed by atoms with van der Waals surface area (Å²) in [5, 5.41) is 3.36. The lowest BCUT2D eigenvalue weighted by Crippen LogP contribution is -2.27. The topological polar surface area (TPSA) is 67.3 Å². The molecule has 0 radical (unpaired) electrons. The molecule has 1 atom stereocenters. The van der Waals surface area contributed by atoms with Crippen molar-refractivity contribution < 1.29 is 9.53 Å². The molecule has 6 nitrogen and oxygen atoms in total. The molecule has 2 heterocycles. The van der Waals surface area contributed by atoms with Crippen molar-refractivity contribution in [2.75, 3.05) is 19.0 Å². The number of amides is 1. The molecule has 0 bridgehead atoms. The standard InChI is InChI=1S/C18H22N4O2/c1-13-8-16(21-17(19-13)12-24-2)20-15-9-18(23)22(11-15)10-14-6-4-3-5-7-14/h3-8,15H,9-12H2,1-2H3,(H,19,20,21). The predicted molar refractivity (Wildman–Crippen MR) is 91.4 cm³/mol. The summed E-state index contributed by atoms with van der Waals surface area (Å²) in [6.07, 6.45) is 0.482. The van der Waals surface area contributed by atoms with Gasteiger partial charge in [-0.1, -0.05) is 30.3 Å². The summed E-state index contributed by atoms with van der Waals surface area (Å²) in [6, 6.07) is 12.0. The number of carbonyl (C=O) groups excluding carboxylic acids is 1. The molecule has 126 valence electrons. The SMILES string of the molecule is COCc1nc(C)cc(NC2CC(=O)N(Cc3ccccc3)C2)n1. The molecule has 1 aliphatic rings. The summed E-state index contributed by atoms with van der Waals surface area (Å²) < 4.78 is 5.09. The Balaban J connectivity index is 1.64. The van der Waals surface area contributed by atoms with Crippen LogP contribution in [0.25, 0.3) is 0 Å². The number of hydrogen-bond acceptors (Lipinski definition) is 5. The van der Waals surface area contributed by atoms with E-state index in [2.05, 4.69) is 15.3 Å². The maximum Gasteiger partial charge on any atom is 0.225 e. The fraction of sp³-hybridized carbons (Fsp3) is 0.389. The molecule has 0 aliphatic carbocycles. The molecule has 3 rings (SSSR count). The van der Waals surface area contributed by atoms with Crippen LogP contribution in [0, 0.1) is 6.92 Å². The summed E-state index contributed by atoms with van der Waals surface area (Å²) in [7, 11) is 1.62. The number of benzene rings is 1. The molecule has 0 saturated carbocycles. The van der Waals surface area contributed by atoms with E-state index in [0.717, 1.165) is 17.1 Å². The zero-order valence-electron chi connectivity index (χ0n) is 14.0. The minimum absolute atomic E-state index is 0.0610. The lowest BCUT2D eigenvalue weighted by atomic mass is 10.2. The van der Waals surface area contributed by atoms with E-state index < -0.39 is 0 Å². The van der Waals surface area contributed by atoms with Gasteiger partial charge in [0.05, 0.1) is 6.04 Å². The number of ether oxygens (including phenoxy) is 1. The summed E-state index contributed by atoms with van der Waals surface area (Å²) in [5.74, 6) is 1.55. The van der Waals surface area contributed by atoms with E-state index in [4.69, 9.17) is 4.74 Å². The Morgan fingerprint density at radius 3 is 2.83 bits per heavy atom. The highest BCUT2D eigenvalue weighted by atomic mass is 16.5. The molecular formula is C18H22N4O2. The van der Waals surface area contributed by atoms with E-state index >= 15 is 0 Å². The number of rotatable bonds is 6. The Kier molecular flexibility index (Phi) is 5.05. The van der Waals surface area contributed by atoms with Crippen LogP contribution in [0.4, 0.5) is 5.82 Å². The van der Waals surface area contributed by atoms with E-state index in [9.17, 15) is 4.79 Å². The van der Waals surface area contributed by atoms with Gasteiger partial charge in [0.1, 0.15) is 12.4 Å². The summed E-state index contributed by atoms with van der Waals surface area (Å²) in [4.78, 5) is 22.9. The van der Waals surface area contributed by atoms with Crippen LogP contribution in [0.15, 0.2) is 36.4 Å². The van der Waals surface area contributed by atoms with Crippen molar-refractivity contribution in [2.45, 2.75) is 32.5 Å². The van der Waals surface area contributed by atoms with E-state index in [1.165, 1.54) is 0 Å². The number of likely N-dealkylation sites (tertiary alicyclic amines) is 1. The molecule has 1 aliphatic heterocycles. The average Bonchev–Trinajstić information content (AvgIpc) is 2.87. The molecule has 2 aromatic rings. The molecule has 0 spiro atoms. The van der Waals surface area contributed by atoms with Crippen molar-refractivity contribution in [1.82, 2.24) is 14.9 Å². The molecule has 1 aromatic carbocycles. The molecule has 1 aromatic heterocycles. The Bertz CT molecular complexity index is 705. The first kappa shape index (κ1) is 16.4. The number of anilines is 1. The summed E-state index contributed by atoms with van der Waals surface area (Å²) >= 11 is 0. The maximum atomic E-state index is 12.2. The molecular weight excluding hydrogens is 304 g/mol. The van der Waals surface area contributed by atoms with Crippen molar-refractivity contribution in [3.8, 4) is 0 Å². The van der Waals surface area contributed by atoms with Crippen LogP contribution in [0.2, 0.25) is 0 Å². The highest BCUT2D eigenvalue weighted by molar-refractivity contribution is 5.80. The van der Waals surface area contributed by atoms with Crippen LogP contribution in [-0.2, 0) is 22.7 Å². The second kappa shape index (κ2) is 7.40. The Morgan fingerprint density at radius 2 is 2.08 bits per heavy atom.